The quantitative estimate of drug-likeness (QED) is 0.521. The Kier molecular flexibility index (Phi) is 8.87. The molecule has 8 heteroatoms. The summed E-state index contributed by atoms with van der Waals surface area (Å²) in [5, 5.41) is 0. The number of carbonyl (C=O) groups is 2. The number of hydrogen-bond acceptors (Lipinski definition) is 6. The van der Waals surface area contributed by atoms with Gasteiger partial charge in [0.15, 0.2) is 18.1 Å². The molecule has 2 atom stereocenters. The Labute approximate surface area is 200 Å². The number of piperazine rings is 1. The van der Waals surface area contributed by atoms with Crippen LogP contribution in [-0.2, 0) is 27.3 Å². The van der Waals surface area contributed by atoms with Crippen molar-refractivity contribution in [3.05, 3.63) is 59.4 Å². The van der Waals surface area contributed by atoms with E-state index >= 15 is 0 Å². The lowest BCUT2D eigenvalue weighted by molar-refractivity contribution is -0.142. The number of benzene rings is 2. The first-order chi connectivity index (χ1) is 16.3. The second-order valence-electron chi connectivity index (χ2n) is 8.56. The molecule has 2 aromatic carbocycles. The van der Waals surface area contributed by atoms with Gasteiger partial charge in [-0.15, -0.1) is 0 Å². The smallest absolute Gasteiger partial charge is 0.310 e. The molecule has 0 aliphatic carbocycles. The SMILES string of the molecule is CCOC(=O)Cc1ccc(OCC(=O)N2CC(C)N(Cc3ccc(F)cc3)CC2C)c(OC)c1. The van der Waals surface area contributed by atoms with Crippen LogP contribution in [0.4, 0.5) is 4.39 Å². The zero-order valence-electron chi connectivity index (χ0n) is 20.3. The number of ether oxygens (including phenoxy) is 3. The first-order valence-electron chi connectivity index (χ1n) is 11.5. The zero-order valence-corrected chi connectivity index (χ0v) is 20.3. The van der Waals surface area contributed by atoms with E-state index in [0.29, 0.717) is 31.2 Å². The van der Waals surface area contributed by atoms with E-state index in [2.05, 4.69) is 11.8 Å². The Bertz CT molecular complexity index is 982. The van der Waals surface area contributed by atoms with Crippen molar-refractivity contribution in [2.45, 2.75) is 45.8 Å². The molecule has 7 nitrogen and oxygen atoms in total. The lowest BCUT2D eigenvalue weighted by Gasteiger charge is -2.44. The van der Waals surface area contributed by atoms with E-state index in [-0.39, 0.29) is 42.8 Å². The molecule has 3 rings (SSSR count). The average Bonchev–Trinajstić information content (AvgIpc) is 2.81. The molecule has 0 spiro atoms. The van der Waals surface area contributed by atoms with Gasteiger partial charge in [0.25, 0.3) is 5.91 Å². The number of hydrogen-bond donors (Lipinski definition) is 0. The van der Waals surface area contributed by atoms with Crippen molar-refractivity contribution in [1.82, 2.24) is 9.80 Å². The van der Waals surface area contributed by atoms with Crippen LogP contribution in [0.25, 0.3) is 0 Å². The second-order valence-corrected chi connectivity index (χ2v) is 8.56. The van der Waals surface area contributed by atoms with Crippen molar-refractivity contribution in [1.29, 1.82) is 0 Å². The summed E-state index contributed by atoms with van der Waals surface area (Å²) in [4.78, 5) is 28.8. The summed E-state index contributed by atoms with van der Waals surface area (Å²) in [6, 6.07) is 11.9. The van der Waals surface area contributed by atoms with Crippen LogP contribution >= 0.6 is 0 Å². The Morgan fingerprint density at radius 1 is 1.00 bits per heavy atom. The molecule has 1 amide bonds. The second kappa shape index (κ2) is 11.8. The van der Waals surface area contributed by atoms with E-state index in [1.165, 1.54) is 19.2 Å². The minimum absolute atomic E-state index is 0.0154. The van der Waals surface area contributed by atoms with Crippen molar-refractivity contribution >= 4 is 11.9 Å². The topological polar surface area (TPSA) is 68.3 Å². The van der Waals surface area contributed by atoms with Crippen molar-refractivity contribution in [2.24, 2.45) is 0 Å². The molecule has 2 aromatic rings. The van der Waals surface area contributed by atoms with Gasteiger partial charge in [-0.2, -0.15) is 0 Å². The standard InChI is InChI=1S/C26H33FN2O5/c1-5-33-26(31)13-21-8-11-23(24(12-21)32-4)34-17-25(30)29-15-18(2)28(14-19(29)3)16-20-6-9-22(27)10-7-20/h6-12,18-19H,5,13-17H2,1-4H3. The Balaban J connectivity index is 1.56. The predicted octanol–water partition coefficient (Wildman–Crippen LogP) is 3.44. The monoisotopic (exact) mass is 472 g/mol. The van der Waals surface area contributed by atoms with Gasteiger partial charge in [0.05, 0.1) is 20.1 Å². The molecule has 184 valence electrons. The number of carbonyl (C=O) groups excluding carboxylic acids is 2. The van der Waals surface area contributed by atoms with E-state index in [4.69, 9.17) is 14.2 Å². The summed E-state index contributed by atoms with van der Waals surface area (Å²) in [5.74, 6) is 0.249. The normalized spacial score (nSPS) is 18.4. The Hall–Kier alpha value is -3.13. The van der Waals surface area contributed by atoms with Gasteiger partial charge < -0.3 is 19.1 Å². The van der Waals surface area contributed by atoms with Crippen LogP contribution in [0.3, 0.4) is 0 Å². The Morgan fingerprint density at radius 2 is 1.71 bits per heavy atom. The molecule has 0 bridgehead atoms. The van der Waals surface area contributed by atoms with Gasteiger partial charge in [-0.25, -0.2) is 4.39 Å². The number of rotatable bonds is 9. The van der Waals surface area contributed by atoms with E-state index in [9.17, 15) is 14.0 Å². The van der Waals surface area contributed by atoms with Gasteiger partial charge in [-0.3, -0.25) is 14.5 Å². The van der Waals surface area contributed by atoms with E-state index in [0.717, 1.165) is 17.7 Å². The molecule has 1 saturated heterocycles. The van der Waals surface area contributed by atoms with E-state index < -0.39 is 0 Å². The number of amides is 1. The fourth-order valence-corrected chi connectivity index (χ4v) is 4.13. The fourth-order valence-electron chi connectivity index (χ4n) is 4.13. The van der Waals surface area contributed by atoms with E-state index in [1.807, 2.05) is 11.8 Å². The van der Waals surface area contributed by atoms with Crippen molar-refractivity contribution < 1.29 is 28.2 Å². The maximum atomic E-state index is 13.2. The molecule has 0 radical (unpaired) electrons. The summed E-state index contributed by atoms with van der Waals surface area (Å²) < 4.78 is 29.3. The summed E-state index contributed by atoms with van der Waals surface area (Å²) in [6.07, 6.45) is 0.140. The highest BCUT2D eigenvalue weighted by molar-refractivity contribution is 5.78. The minimum atomic E-state index is -0.310. The first-order valence-corrected chi connectivity index (χ1v) is 11.5. The lowest BCUT2D eigenvalue weighted by Crippen LogP contribution is -2.58. The highest BCUT2D eigenvalue weighted by Gasteiger charge is 2.32. The lowest BCUT2D eigenvalue weighted by atomic mass is 10.1. The molecule has 1 heterocycles. The largest absolute Gasteiger partial charge is 0.493 e. The summed E-state index contributed by atoms with van der Waals surface area (Å²) >= 11 is 0. The minimum Gasteiger partial charge on any atom is -0.493 e. The van der Waals surface area contributed by atoms with Crippen LogP contribution in [0.2, 0.25) is 0 Å². The molecular formula is C26H33FN2O5. The predicted molar refractivity (Wildman–Crippen MR) is 126 cm³/mol. The molecular weight excluding hydrogens is 439 g/mol. The highest BCUT2D eigenvalue weighted by atomic mass is 19.1. The Morgan fingerprint density at radius 3 is 2.38 bits per heavy atom. The number of esters is 1. The molecule has 0 aromatic heterocycles. The fraction of sp³-hybridized carbons (Fsp3) is 0.462. The molecule has 1 aliphatic heterocycles. The van der Waals surface area contributed by atoms with Gasteiger partial charge in [0.1, 0.15) is 5.82 Å². The molecule has 0 saturated carbocycles. The maximum absolute atomic E-state index is 13.2. The van der Waals surface area contributed by atoms with Crippen molar-refractivity contribution in [3.63, 3.8) is 0 Å². The van der Waals surface area contributed by atoms with Gasteiger partial charge in [0, 0.05) is 31.7 Å². The number of methoxy groups -OCH3 is 1. The van der Waals surface area contributed by atoms with Crippen LogP contribution in [0.15, 0.2) is 42.5 Å². The molecule has 1 aliphatic rings. The number of halogens is 1. The third-order valence-corrected chi connectivity index (χ3v) is 5.97. The van der Waals surface area contributed by atoms with Gasteiger partial charge in [-0.05, 0) is 56.2 Å². The van der Waals surface area contributed by atoms with Crippen LogP contribution in [-0.4, -0.2) is 67.2 Å². The summed E-state index contributed by atoms with van der Waals surface area (Å²) in [5.41, 5.74) is 1.79. The maximum Gasteiger partial charge on any atom is 0.310 e. The number of nitrogens with zero attached hydrogens (tertiary/aromatic N) is 2. The van der Waals surface area contributed by atoms with Crippen LogP contribution < -0.4 is 9.47 Å². The van der Waals surface area contributed by atoms with Gasteiger partial charge in [-0.1, -0.05) is 18.2 Å². The van der Waals surface area contributed by atoms with Crippen LogP contribution in [0.5, 0.6) is 11.5 Å². The van der Waals surface area contributed by atoms with E-state index in [1.54, 1.807) is 37.3 Å². The van der Waals surface area contributed by atoms with Crippen LogP contribution in [0, 0.1) is 5.82 Å². The van der Waals surface area contributed by atoms with Gasteiger partial charge >= 0.3 is 5.97 Å². The molecule has 0 N–H and O–H groups in total. The average molecular weight is 473 g/mol. The summed E-state index contributed by atoms with van der Waals surface area (Å²) in [6.45, 7) is 8.10. The molecule has 34 heavy (non-hydrogen) atoms. The third kappa shape index (κ3) is 6.70. The van der Waals surface area contributed by atoms with Gasteiger partial charge in [0.2, 0.25) is 0 Å². The zero-order chi connectivity index (χ0) is 24.7. The summed E-state index contributed by atoms with van der Waals surface area (Å²) in [7, 11) is 1.52. The molecule has 2 unspecified atom stereocenters. The third-order valence-electron chi connectivity index (χ3n) is 5.97. The van der Waals surface area contributed by atoms with Crippen molar-refractivity contribution in [2.75, 3.05) is 33.4 Å². The highest BCUT2D eigenvalue weighted by Crippen LogP contribution is 2.29. The van der Waals surface area contributed by atoms with Crippen LogP contribution in [0.1, 0.15) is 31.9 Å². The first kappa shape index (κ1) is 25.5. The van der Waals surface area contributed by atoms with Crippen molar-refractivity contribution in [3.8, 4) is 11.5 Å². The molecule has 1 fully saturated rings.